The van der Waals surface area contributed by atoms with Crippen LogP contribution in [0.5, 0.6) is 0 Å². The minimum atomic E-state index is 0.0128. The summed E-state index contributed by atoms with van der Waals surface area (Å²) in [6, 6.07) is 11.0. The third-order valence-electron chi connectivity index (χ3n) is 5.06. The number of hydrogen-bond donors (Lipinski definition) is 0. The first-order valence-electron chi connectivity index (χ1n) is 7.17. The highest BCUT2D eigenvalue weighted by atomic mass is 14.5. The Bertz CT molecular complexity index is 748. The van der Waals surface area contributed by atoms with Gasteiger partial charge in [-0.05, 0) is 27.9 Å². The Balaban J connectivity index is 1.80. The van der Waals surface area contributed by atoms with E-state index in [9.17, 15) is 0 Å². The molecule has 94 valence electrons. The van der Waals surface area contributed by atoms with Crippen molar-refractivity contribution in [3.63, 3.8) is 0 Å². The van der Waals surface area contributed by atoms with Crippen molar-refractivity contribution in [2.45, 2.75) is 5.41 Å². The Kier molecular flexibility index (Phi) is 1.78. The van der Waals surface area contributed by atoms with Gasteiger partial charge in [-0.2, -0.15) is 0 Å². The summed E-state index contributed by atoms with van der Waals surface area (Å²) in [6.45, 7) is 0. The second kappa shape index (κ2) is 3.40. The van der Waals surface area contributed by atoms with E-state index in [0.29, 0.717) is 5.92 Å². The summed E-state index contributed by atoms with van der Waals surface area (Å²) in [5.41, 5.74) is 7.20. The molecule has 0 radical (unpaired) electrons. The lowest BCUT2D eigenvalue weighted by molar-refractivity contribution is 0.524. The van der Waals surface area contributed by atoms with E-state index in [1.165, 1.54) is 27.9 Å². The molecule has 0 saturated carbocycles. The first kappa shape index (κ1) is 10.4. The topological polar surface area (TPSA) is 0 Å². The quantitative estimate of drug-likeness (QED) is 0.733. The molecule has 0 amide bonds. The minimum absolute atomic E-state index is 0.0128. The van der Waals surface area contributed by atoms with Crippen LogP contribution >= 0.6 is 0 Å². The Labute approximate surface area is 118 Å². The maximum absolute atomic E-state index is 2.29. The summed E-state index contributed by atoms with van der Waals surface area (Å²) in [7, 11) is 0. The van der Waals surface area contributed by atoms with Crippen molar-refractivity contribution in [2.24, 2.45) is 5.92 Å². The molecule has 0 unspecified atom stereocenters. The molecule has 1 aromatic carbocycles. The molecule has 0 saturated heterocycles. The average molecular weight is 254 g/mol. The fourth-order valence-corrected chi connectivity index (χ4v) is 4.27. The van der Waals surface area contributed by atoms with Crippen LogP contribution in [0, 0.1) is 5.92 Å². The maximum atomic E-state index is 2.29. The second-order valence-corrected chi connectivity index (χ2v) is 5.85. The summed E-state index contributed by atoms with van der Waals surface area (Å²) < 4.78 is 0. The highest BCUT2D eigenvalue weighted by molar-refractivity contribution is 5.72. The molecule has 0 heteroatoms. The zero-order valence-electron chi connectivity index (χ0n) is 11.1. The van der Waals surface area contributed by atoms with Gasteiger partial charge in [-0.15, -0.1) is 0 Å². The Morgan fingerprint density at radius 3 is 1.75 bits per heavy atom. The number of benzene rings is 1. The van der Waals surface area contributed by atoms with E-state index in [-0.39, 0.29) is 5.41 Å². The van der Waals surface area contributed by atoms with Gasteiger partial charge in [0.1, 0.15) is 0 Å². The third-order valence-corrected chi connectivity index (χ3v) is 5.06. The largest absolute Gasteiger partial charge is 0.0622 e. The molecule has 0 heterocycles. The normalized spacial score (nSPS) is 24.0. The Morgan fingerprint density at radius 2 is 1.25 bits per heavy atom. The van der Waals surface area contributed by atoms with E-state index in [2.05, 4.69) is 78.9 Å². The molecule has 4 aliphatic carbocycles. The monoisotopic (exact) mass is 254 g/mol. The SMILES string of the molecule is C1=CC2=CC=C1C2C1(c2ccccc2)C2=CC=C1C=C2. The van der Waals surface area contributed by atoms with Gasteiger partial charge >= 0.3 is 0 Å². The van der Waals surface area contributed by atoms with Crippen LogP contribution in [0.1, 0.15) is 5.56 Å². The maximum Gasteiger partial charge on any atom is 0.0560 e. The van der Waals surface area contributed by atoms with Crippen LogP contribution in [0.4, 0.5) is 0 Å². The fraction of sp³-hybridized carbons (Fsp3) is 0.100. The third kappa shape index (κ3) is 1.01. The number of rotatable bonds is 2. The predicted octanol–water partition coefficient (Wildman–Crippen LogP) is 4.41. The number of allylic oxidation sites excluding steroid dienone is 12. The molecule has 0 atom stereocenters. The summed E-state index contributed by atoms with van der Waals surface area (Å²) in [5.74, 6) is 0.458. The van der Waals surface area contributed by atoms with E-state index < -0.39 is 0 Å². The van der Waals surface area contributed by atoms with Crippen LogP contribution < -0.4 is 0 Å². The van der Waals surface area contributed by atoms with E-state index in [1.54, 1.807) is 0 Å². The molecule has 5 rings (SSSR count). The van der Waals surface area contributed by atoms with Crippen molar-refractivity contribution in [3.05, 3.63) is 107 Å². The summed E-state index contributed by atoms with van der Waals surface area (Å²) in [6.07, 6.45) is 18.3. The molecule has 0 spiro atoms. The van der Waals surface area contributed by atoms with Gasteiger partial charge in [0.15, 0.2) is 0 Å². The molecule has 1 aromatic rings. The summed E-state index contributed by atoms with van der Waals surface area (Å²) >= 11 is 0. The van der Waals surface area contributed by atoms with Crippen LogP contribution in [0.15, 0.2) is 101 Å². The van der Waals surface area contributed by atoms with Crippen molar-refractivity contribution in [1.82, 2.24) is 0 Å². The van der Waals surface area contributed by atoms with Crippen molar-refractivity contribution >= 4 is 0 Å². The van der Waals surface area contributed by atoms with Gasteiger partial charge in [0.2, 0.25) is 0 Å². The van der Waals surface area contributed by atoms with Gasteiger partial charge in [-0.1, -0.05) is 78.9 Å². The molecule has 4 aliphatic rings. The van der Waals surface area contributed by atoms with E-state index >= 15 is 0 Å². The van der Waals surface area contributed by atoms with Gasteiger partial charge in [-0.3, -0.25) is 0 Å². The smallest absolute Gasteiger partial charge is 0.0560 e. The lowest BCUT2D eigenvalue weighted by atomic mass is 9.63. The van der Waals surface area contributed by atoms with Crippen LogP contribution in [-0.2, 0) is 5.41 Å². The second-order valence-electron chi connectivity index (χ2n) is 5.85. The summed E-state index contributed by atoms with van der Waals surface area (Å²) in [5, 5.41) is 0. The van der Waals surface area contributed by atoms with Crippen LogP contribution in [0.2, 0.25) is 0 Å². The zero-order chi connectivity index (χ0) is 13.2. The Morgan fingerprint density at radius 1 is 0.650 bits per heavy atom. The molecule has 0 aliphatic heterocycles. The standard InChI is InChI=1S/C20H14/c1-2-4-16(5-3-1)20(17-10-11-18(20)13-12-17)19-14-6-7-15(19)9-8-14/h1-13,19H. The van der Waals surface area contributed by atoms with E-state index in [1.807, 2.05) is 0 Å². The van der Waals surface area contributed by atoms with Crippen molar-refractivity contribution in [3.8, 4) is 0 Å². The summed E-state index contributed by atoms with van der Waals surface area (Å²) in [4.78, 5) is 0. The van der Waals surface area contributed by atoms with Crippen molar-refractivity contribution < 1.29 is 0 Å². The molecule has 4 bridgehead atoms. The molecular formula is C20H14. The predicted molar refractivity (Wildman–Crippen MR) is 82.2 cm³/mol. The van der Waals surface area contributed by atoms with Gasteiger partial charge in [0.05, 0.1) is 5.41 Å². The van der Waals surface area contributed by atoms with Crippen LogP contribution in [0.3, 0.4) is 0 Å². The zero-order valence-corrected chi connectivity index (χ0v) is 11.1. The highest BCUT2D eigenvalue weighted by Gasteiger charge is 2.52. The molecule has 0 aromatic heterocycles. The highest BCUT2D eigenvalue weighted by Crippen LogP contribution is 2.60. The minimum Gasteiger partial charge on any atom is -0.0622 e. The van der Waals surface area contributed by atoms with Gasteiger partial charge in [0, 0.05) is 5.92 Å². The van der Waals surface area contributed by atoms with Gasteiger partial charge in [-0.25, -0.2) is 0 Å². The average Bonchev–Trinajstić information content (AvgIpc) is 3.26. The van der Waals surface area contributed by atoms with E-state index in [0.717, 1.165) is 0 Å². The van der Waals surface area contributed by atoms with Crippen molar-refractivity contribution in [2.75, 3.05) is 0 Å². The van der Waals surface area contributed by atoms with E-state index in [4.69, 9.17) is 0 Å². The molecule has 0 fully saturated rings. The van der Waals surface area contributed by atoms with Crippen LogP contribution in [0.25, 0.3) is 0 Å². The molecule has 20 heavy (non-hydrogen) atoms. The first-order chi connectivity index (χ1) is 9.90. The van der Waals surface area contributed by atoms with Crippen molar-refractivity contribution in [1.29, 1.82) is 0 Å². The number of fused-ring (bicyclic) bond motifs is 5. The first-order valence-corrected chi connectivity index (χ1v) is 7.17. The lowest BCUT2D eigenvalue weighted by Crippen LogP contribution is -2.34. The van der Waals surface area contributed by atoms with Gasteiger partial charge < -0.3 is 0 Å². The van der Waals surface area contributed by atoms with Crippen LogP contribution in [-0.4, -0.2) is 0 Å². The molecular weight excluding hydrogens is 240 g/mol. The molecule has 0 nitrogen and oxygen atoms in total. The van der Waals surface area contributed by atoms with Gasteiger partial charge in [0.25, 0.3) is 0 Å². The number of hydrogen-bond acceptors (Lipinski definition) is 0. The molecule has 0 N–H and O–H groups in total. The fourth-order valence-electron chi connectivity index (χ4n) is 4.27. The Hall–Kier alpha value is -2.34. The lowest BCUT2D eigenvalue weighted by Gasteiger charge is -2.37.